The molecular weight excluding hydrogens is 362 g/mol. The van der Waals surface area contributed by atoms with E-state index in [0.717, 1.165) is 25.0 Å². The van der Waals surface area contributed by atoms with E-state index in [9.17, 15) is 9.59 Å². The van der Waals surface area contributed by atoms with Gasteiger partial charge in [0.15, 0.2) is 12.2 Å². The summed E-state index contributed by atoms with van der Waals surface area (Å²) in [7, 11) is 1.58. The third kappa shape index (κ3) is 6.49. The molecule has 1 saturated heterocycles. The van der Waals surface area contributed by atoms with Crippen LogP contribution in [0.4, 0.5) is 0 Å². The Morgan fingerprint density at radius 3 is 2.64 bits per heavy atom. The Labute approximate surface area is 166 Å². The molecule has 2 rings (SSSR count). The third-order valence-corrected chi connectivity index (χ3v) is 4.64. The first-order valence-corrected chi connectivity index (χ1v) is 9.75. The zero-order valence-corrected chi connectivity index (χ0v) is 17.1. The minimum absolute atomic E-state index is 0.0281. The number of nitrogens with one attached hydrogen (secondary N) is 1. The van der Waals surface area contributed by atoms with Crippen molar-refractivity contribution in [1.82, 2.24) is 5.32 Å². The molecule has 1 fully saturated rings. The van der Waals surface area contributed by atoms with Crippen LogP contribution in [-0.4, -0.2) is 50.5 Å². The lowest BCUT2D eigenvalue weighted by atomic mass is 10.1. The molecule has 1 heterocycles. The fraction of sp³-hybridized carbons (Fsp3) is 0.619. The predicted molar refractivity (Wildman–Crippen MR) is 104 cm³/mol. The summed E-state index contributed by atoms with van der Waals surface area (Å²) in [5.41, 5.74) is 0.848. The van der Waals surface area contributed by atoms with E-state index in [4.69, 9.17) is 18.9 Å². The van der Waals surface area contributed by atoms with Crippen molar-refractivity contribution in [2.45, 2.75) is 58.5 Å². The van der Waals surface area contributed by atoms with E-state index in [2.05, 4.69) is 5.32 Å². The number of esters is 1. The van der Waals surface area contributed by atoms with Crippen molar-refractivity contribution in [3.63, 3.8) is 0 Å². The van der Waals surface area contributed by atoms with Gasteiger partial charge >= 0.3 is 5.97 Å². The van der Waals surface area contributed by atoms with E-state index in [0.29, 0.717) is 12.4 Å². The van der Waals surface area contributed by atoms with Gasteiger partial charge in [-0.25, -0.2) is 4.79 Å². The van der Waals surface area contributed by atoms with Gasteiger partial charge in [0.05, 0.1) is 19.8 Å². The van der Waals surface area contributed by atoms with Crippen molar-refractivity contribution in [1.29, 1.82) is 0 Å². The molecule has 0 spiro atoms. The first kappa shape index (κ1) is 22.2. The summed E-state index contributed by atoms with van der Waals surface area (Å²) >= 11 is 0. The smallest absolute Gasteiger partial charge is 0.335 e. The predicted octanol–water partition coefficient (Wildman–Crippen LogP) is 2.46. The summed E-state index contributed by atoms with van der Waals surface area (Å²) in [6.45, 7) is 6.66. The molecule has 0 bridgehead atoms. The highest BCUT2D eigenvalue weighted by Crippen LogP contribution is 2.18. The van der Waals surface area contributed by atoms with Crippen molar-refractivity contribution < 1.29 is 28.5 Å². The summed E-state index contributed by atoms with van der Waals surface area (Å²) in [4.78, 5) is 24.9. The topological polar surface area (TPSA) is 83.1 Å². The Kier molecular flexibility index (Phi) is 8.73. The summed E-state index contributed by atoms with van der Waals surface area (Å²) in [6, 6.07) is 7.43. The average molecular weight is 393 g/mol. The number of methoxy groups -OCH3 is 1. The van der Waals surface area contributed by atoms with Crippen LogP contribution in [0.1, 0.15) is 39.2 Å². The first-order chi connectivity index (χ1) is 13.4. The maximum absolute atomic E-state index is 12.6. The normalized spacial score (nSPS) is 18.5. The van der Waals surface area contributed by atoms with Crippen LogP contribution in [0.3, 0.4) is 0 Å². The fourth-order valence-corrected chi connectivity index (χ4v) is 2.94. The average Bonchev–Trinajstić information content (AvgIpc) is 3.21. The van der Waals surface area contributed by atoms with Gasteiger partial charge in [0.25, 0.3) is 5.91 Å². The second kappa shape index (κ2) is 11.0. The van der Waals surface area contributed by atoms with E-state index in [1.165, 1.54) is 0 Å². The summed E-state index contributed by atoms with van der Waals surface area (Å²) in [5.74, 6) is -0.381. The molecule has 0 aliphatic carbocycles. The van der Waals surface area contributed by atoms with Crippen molar-refractivity contribution in [3.05, 3.63) is 29.8 Å². The fourth-order valence-electron chi connectivity index (χ4n) is 2.94. The highest BCUT2D eigenvalue weighted by atomic mass is 16.6. The second-order valence-corrected chi connectivity index (χ2v) is 7.24. The molecule has 1 aliphatic heterocycles. The van der Waals surface area contributed by atoms with Gasteiger partial charge in [-0.15, -0.1) is 0 Å². The molecule has 1 aromatic carbocycles. The molecule has 0 aromatic heterocycles. The number of carbonyl (C=O) groups excluding carboxylic acids is 2. The van der Waals surface area contributed by atoms with Crippen LogP contribution in [0, 0.1) is 5.92 Å². The number of hydrogen-bond donors (Lipinski definition) is 1. The van der Waals surface area contributed by atoms with Crippen LogP contribution < -0.4 is 10.1 Å². The molecule has 1 N–H and O–H groups in total. The molecule has 0 radical (unpaired) electrons. The van der Waals surface area contributed by atoms with Gasteiger partial charge in [-0.2, -0.15) is 0 Å². The second-order valence-electron chi connectivity index (χ2n) is 7.24. The lowest BCUT2D eigenvalue weighted by Gasteiger charge is -2.23. The van der Waals surface area contributed by atoms with Gasteiger partial charge in [0.2, 0.25) is 0 Å². The molecule has 7 nitrogen and oxygen atoms in total. The van der Waals surface area contributed by atoms with Crippen LogP contribution in [0.2, 0.25) is 0 Å². The molecule has 0 saturated carbocycles. The van der Waals surface area contributed by atoms with Gasteiger partial charge in [-0.05, 0) is 31.7 Å². The van der Waals surface area contributed by atoms with E-state index < -0.39 is 18.2 Å². The van der Waals surface area contributed by atoms with Crippen LogP contribution in [0.5, 0.6) is 5.75 Å². The van der Waals surface area contributed by atoms with Crippen molar-refractivity contribution in [2.24, 2.45) is 5.92 Å². The molecular formula is C21H31NO6. The summed E-state index contributed by atoms with van der Waals surface area (Å²) < 4.78 is 21.8. The number of ether oxygens (including phenoxy) is 4. The lowest BCUT2D eigenvalue weighted by molar-refractivity contribution is -0.170. The van der Waals surface area contributed by atoms with Gasteiger partial charge < -0.3 is 24.3 Å². The quantitative estimate of drug-likeness (QED) is 0.615. The number of amides is 1. The van der Waals surface area contributed by atoms with E-state index in [1.807, 2.05) is 38.1 Å². The highest BCUT2D eigenvalue weighted by molar-refractivity contribution is 5.85. The molecule has 156 valence electrons. The first-order valence-electron chi connectivity index (χ1n) is 9.75. The van der Waals surface area contributed by atoms with Crippen molar-refractivity contribution in [3.8, 4) is 5.75 Å². The molecule has 28 heavy (non-hydrogen) atoms. The maximum atomic E-state index is 12.6. The Bertz CT molecular complexity index is 642. The van der Waals surface area contributed by atoms with Crippen LogP contribution >= 0.6 is 0 Å². The zero-order chi connectivity index (χ0) is 20.5. The van der Waals surface area contributed by atoms with Crippen LogP contribution in [0.15, 0.2) is 24.3 Å². The molecule has 3 atom stereocenters. The van der Waals surface area contributed by atoms with Crippen LogP contribution in [-0.2, 0) is 30.3 Å². The van der Waals surface area contributed by atoms with Gasteiger partial charge in [-0.3, -0.25) is 4.79 Å². The highest BCUT2D eigenvalue weighted by Gasteiger charge is 2.29. The molecule has 7 heteroatoms. The zero-order valence-electron chi connectivity index (χ0n) is 17.1. The number of hydrogen-bond acceptors (Lipinski definition) is 6. The van der Waals surface area contributed by atoms with E-state index >= 15 is 0 Å². The SMILES string of the molecule is COc1ccccc1CNC(=O)C(OC(=O)C(C)OCC1CCCO1)C(C)C. The van der Waals surface area contributed by atoms with Gasteiger partial charge in [0, 0.05) is 18.7 Å². The minimum atomic E-state index is -0.893. The van der Waals surface area contributed by atoms with Gasteiger partial charge in [-0.1, -0.05) is 32.0 Å². The van der Waals surface area contributed by atoms with Gasteiger partial charge in [0.1, 0.15) is 5.75 Å². The number of carbonyl (C=O) groups is 2. The monoisotopic (exact) mass is 393 g/mol. The Morgan fingerprint density at radius 2 is 2.00 bits per heavy atom. The largest absolute Gasteiger partial charge is 0.496 e. The standard InChI is InChI=1S/C21H31NO6/c1-14(2)19(20(23)22-12-16-8-5-6-10-18(16)25-4)28-21(24)15(3)27-13-17-9-7-11-26-17/h5-6,8,10,14-15,17,19H,7,9,11-13H2,1-4H3,(H,22,23). The Hall–Kier alpha value is -2.12. The van der Waals surface area contributed by atoms with E-state index in [1.54, 1.807) is 14.0 Å². The molecule has 3 unspecified atom stereocenters. The summed E-state index contributed by atoms with van der Waals surface area (Å²) in [6.07, 6.45) is 0.319. The number of rotatable bonds is 10. The molecule has 1 amide bonds. The van der Waals surface area contributed by atoms with Crippen molar-refractivity contribution >= 4 is 11.9 Å². The number of para-hydroxylation sites is 1. The van der Waals surface area contributed by atoms with Crippen molar-refractivity contribution in [2.75, 3.05) is 20.3 Å². The maximum Gasteiger partial charge on any atom is 0.335 e. The molecule has 1 aliphatic rings. The van der Waals surface area contributed by atoms with E-state index in [-0.39, 0.29) is 24.5 Å². The minimum Gasteiger partial charge on any atom is -0.496 e. The third-order valence-electron chi connectivity index (χ3n) is 4.64. The summed E-state index contributed by atoms with van der Waals surface area (Å²) in [5, 5.41) is 2.82. The van der Waals surface area contributed by atoms with Crippen LogP contribution in [0.25, 0.3) is 0 Å². The Balaban J connectivity index is 1.86. The lowest BCUT2D eigenvalue weighted by Crippen LogP contribution is -2.42. The Morgan fingerprint density at radius 1 is 1.25 bits per heavy atom. The molecule has 1 aromatic rings. The number of benzene rings is 1.